The Hall–Kier alpha value is -1.13. The first kappa shape index (κ1) is 12.3. The highest BCUT2D eigenvalue weighted by Gasteiger charge is 2.06. The average molecular weight is 313 g/mol. The highest BCUT2D eigenvalue weighted by Crippen LogP contribution is 2.26. The van der Waals surface area contributed by atoms with Crippen LogP contribution in [0.25, 0.3) is 0 Å². The van der Waals surface area contributed by atoms with Gasteiger partial charge < -0.3 is 5.32 Å². The van der Waals surface area contributed by atoms with E-state index >= 15 is 0 Å². The van der Waals surface area contributed by atoms with Crippen LogP contribution < -0.4 is 5.32 Å². The summed E-state index contributed by atoms with van der Waals surface area (Å²) in [5.74, 6) is 0.732. The van der Waals surface area contributed by atoms with Gasteiger partial charge in [-0.25, -0.2) is 9.97 Å². The molecule has 3 nitrogen and oxygen atoms in total. The molecule has 2 aromatic rings. The highest BCUT2D eigenvalue weighted by atomic mass is 79.9. The van der Waals surface area contributed by atoms with E-state index in [1.165, 1.54) is 6.33 Å². The van der Waals surface area contributed by atoms with E-state index in [0.717, 1.165) is 27.1 Å². The van der Waals surface area contributed by atoms with Crippen LogP contribution >= 0.6 is 27.5 Å². The van der Waals surface area contributed by atoms with Crippen molar-refractivity contribution < 1.29 is 0 Å². The number of aromatic nitrogens is 2. The zero-order valence-corrected chi connectivity index (χ0v) is 11.8. The zero-order valence-electron chi connectivity index (χ0n) is 9.46. The molecule has 1 aromatic heterocycles. The van der Waals surface area contributed by atoms with Gasteiger partial charge in [-0.15, -0.1) is 0 Å². The molecule has 0 saturated carbocycles. The van der Waals surface area contributed by atoms with E-state index in [2.05, 4.69) is 31.2 Å². The van der Waals surface area contributed by atoms with Gasteiger partial charge in [-0.3, -0.25) is 0 Å². The maximum absolute atomic E-state index is 5.95. The minimum atomic E-state index is 0.470. The lowest BCUT2D eigenvalue weighted by Crippen LogP contribution is -1.99. The van der Waals surface area contributed by atoms with Gasteiger partial charge in [0.15, 0.2) is 0 Å². The Morgan fingerprint density at radius 2 is 2.00 bits per heavy atom. The minimum Gasteiger partial charge on any atom is -0.340 e. The summed E-state index contributed by atoms with van der Waals surface area (Å²) >= 11 is 9.38. The highest BCUT2D eigenvalue weighted by molar-refractivity contribution is 9.10. The van der Waals surface area contributed by atoms with Crippen molar-refractivity contribution in [2.75, 3.05) is 5.32 Å². The topological polar surface area (TPSA) is 37.8 Å². The van der Waals surface area contributed by atoms with Crippen molar-refractivity contribution in [2.24, 2.45) is 0 Å². The van der Waals surface area contributed by atoms with E-state index in [-0.39, 0.29) is 0 Å². The molecule has 0 fully saturated rings. The largest absolute Gasteiger partial charge is 0.340 e. The van der Waals surface area contributed by atoms with Crippen LogP contribution in [0.15, 0.2) is 29.0 Å². The van der Waals surface area contributed by atoms with Crippen molar-refractivity contribution in [2.45, 2.75) is 13.8 Å². The summed E-state index contributed by atoms with van der Waals surface area (Å²) in [5.41, 5.74) is 2.98. The average Bonchev–Trinajstić information content (AvgIpc) is 2.28. The molecule has 0 atom stereocenters. The second-order valence-corrected chi connectivity index (χ2v) is 5.00. The van der Waals surface area contributed by atoms with Crippen LogP contribution in [0.4, 0.5) is 11.5 Å². The van der Waals surface area contributed by atoms with Crippen molar-refractivity contribution in [3.63, 3.8) is 0 Å². The first-order valence-electron chi connectivity index (χ1n) is 5.08. The van der Waals surface area contributed by atoms with Crippen LogP contribution in [0, 0.1) is 13.8 Å². The summed E-state index contributed by atoms with van der Waals surface area (Å²) in [6, 6.07) is 6.02. The second-order valence-electron chi connectivity index (χ2n) is 3.72. The number of rotatable bonds is 2. The molecular formula is C12H11BrClN3. The quantitative estimate of drug-likeness (QED) is 0.842. The molecule has 0 saturated heterocycles. The number of hydrogen-bond acceptors (Lipinski definition) is 3. The summed E-state index contributed by atoms with van der Waals surface area (Å²) in [4.78, 5) is 8.10. The van der Waals surface area contributed by atoms with Gasteiger partial charge in [0.25, 0.3) is 0 Å². The van der Waals surface area contributed by atoms with Crippen molar-refractivity contribution in [1.82, 2.24) is 9.97 Å². The molecule has 2 rings (SSSR count). The third-order valence-corrected chi connectivity index (χ3v) is 3.34. The van der Waals surface area contributed by atoms with Gasteiger partial charge in [0.05, 0.1) is 0 Å². The van der Waals surface area contributed by atoms with E-state index in [4.69, 9.17) is 11.6 Å². The van der Waals surface area contributed by atoms with Crippen molar-refractivity contribution in [1.29, 1.82) is 0 Å². The van der Waals surface area contributed by atoms with Gasteiger partial charge in [0.1, 0.15) is 17.3 Å². The van der Waals surface area contributed by atoms with Gasteiger partial charge in [-0.1, -0.05) is 27.5 Å². The fourth-order valence-electron chi connectivity index (χ4n) is 1.45. The van der Waals surface area contributed by atoms with Gasteiger partial charge in [0.2, 0.25) is 0 Å². The van der Waals surface area contributed by atoms with E-state index in [0.29, 0.717) is 5.15 Å². The zero-order chi connectivity index (χ0) is 12.4. The molecular weight excluding hydrogens is 302 g/mol. The fourth-order valence-corrected chi connectivity index (χ4v) is 2.06. The molecule has 0 radical (unpaired) electrons. The number of halogens is 2. The van der Waals surface area contributed by atoms with Crippen LogP contribution in [0.5, 0.6) is 0 Å². The Morgan fingerprint density at radius 3 is 2.71 bits per heavy atom. The van der Waals surface area contributed by atoms with Gasteiger partial charge in [-0.2, -0.15) is 0 Å². The smallest absolute Gasteiger partial charge is 0.138 e. The van der Waals surface area contributed by atoms with E-state index in [9.17, 15) is 0 Å². The number of hydrogen-bond donors (Lipinski definition) is 1. The predicted octanol–water partition coefficient (Wildman–Crippen LogP) is 4.25. The molecule has 17 heavy (non-hydrogen) atoms. The fraction of sp³-hybridized carbons (Fsp3) is 0.167. The molecule has 0 aliphatic rings. The van der Waals surface area contributed by atoms with Gasteiger partial charge in [-0.05, 0) is 37.6 Å². The third kappa shape index (κ3) is 2.76. The van der Waals surface area contributed by atoms with Crippen LogP contribution in [-0.4, -0.2) is 9.97 Å². The summed E-state index contributed by atoms with van der Waals surface area (Å²) < 4.78 is 1.05. The normalized spacial score (nSPS) is 10.4. The first-order valence-corrected chi connectivity index (χ1v) is 6.25. The second kappa shape index (κ2) is 5.02. The number of aryl methyl sites for hydroxylation is 1. The van der Waals surface area contributed by atoms with Crippen LogP contribution in [0.2, 0.25) is 5.15 Å². The van der Waals surface area contributed by atoms with Crippen molar-refractivity contribution in [3.8, 4) is 0 Å². The molecule has 0 aliphatic heterocycles. The third-order valence-electron chi connectivity index (χ3n) is 2.46. The monoisotopic (exact) mass is 311 g/mol. The van der Waals surface area contributed by atoms with Crippen molar-refractivity contribution in [3.05, 3.63) is 45.3 Å². The SMILES string of the molecule is Cc1cc(Br)ccc1Nc1ncnc(Cl)c1C. The molecule has 88 valence electrons. The van der Waals surface area contributed by atoms with E-state index in [1.807, 2.05) is 32.0 Å². The molecule has 0 amide bonds. The Bertz CT molecular complexity index is 557. The maximum atomic E-state index is 5.95. The van der Waals surface area contributed by atoms with Gasteiger partial charge >= 0.3 is 0 Å². The lowest BCUT2D eigenvalue weighted by Gasteiger charge is -2.11. The Morgan fingerprint density at radius 1 is 1.24 bits per heavy atom. The Balaban J connectivity index is 2.35. The summed E-state index contributed by atoms with van der Waals surface area (Å²) in [7, 11) is 0. The lowest BCUT2D eigenvalue weighted by atomic mass is 10.2. The van der Waals surface area contributed by atoms with Crippen LogP contribution in [0.3, 0.4) is 0 Å². The summed E-state index contributed by atoms with van der Waals surface area (Å²) in [5, 5.41) is 3.72. The number of anilines is 2. The number of nitrogens with one attached hydrogen (secondary N) is 1. The Labute approximate surface area is 113 Å². The molecule has 5 heteroatoms. The summed E-state index contributed by atoms with van der Waals surface area (Å²) in [6.07, 6.45) is 1.45. The Kier molecular flexibility index (Phi) is 3.64. The predicted molar refractivity (Wildman–Crippen MR) is 73.9 cm³/mol. The van der Waals surface area contributed by atoms with Crippen LogP contribution in [-0.2, 0) is 0 Å². The molecule has 1 aromatic carbocycles. The van der Waals surface area contributed by atoms with E-state index < -0.39 is 0 Å². The molecule has 0 aliphatic carbocycles. The molecule has 0 bridgehead atoms. The molecule has 0 spiro atoms. The molecule has 0 unspecified atom stereocenters. The number of nitrogens with zero attached hydrogens (tertiary/aromatic N) is 2. The minimum absolute atomic E-state index is 0.470. The molecule has 1 heterocycles. The number of benzene rings is 1. The summed E-state index contributed by atoms with van der Waals surface area (Å²) in [6.45, 7) is 3.92. The first-order chi connectivity index (χ1) is 8.08. The maximum Gasteiger partial charge on any atom is 0.138 e. The van der Waals surface area contributed by atoms with Gasteiger partial charge in [0, 0.05) is 15.7 Å². The van der Waals surface area contributed by atoms with Crippen molar-refractivity contribution >= 4 is 39.0 Å². The lowest BCUT2D eigenvalue weighted by molar-refractivity contribution is 1.13. The molecule has 1 N–H and O–H groups in total. The van der Waals surface area contributed by atoms with E-state index in [1.54, 1.807) is 0 Å². The van der Waals surface area contributed by atoms with Crippen LogP contribution in [0.1, 0.15) is 11.1 Å². The standard InChI is InChI=1S/C12H11BrClN3/c1-7-5-9(13)3-4-10(7)17-12-8(2)11(14)15-6-16-12/h3-6H,1-2H3,(H,15,16,17).